The van der Waals surface area contributed by atoms with Crippen molar-refractivity contribution in [3.05, 3.63) is 112 Å². The van der Waals surface area contributed by atoms with Crippen molar-refractivity contribution in [1.29, 1.82) is 0 Å². The molecule has 224 valence electrons. The average molecular weight is 592 g/mol. The van der Waals surface area contributed by atoms with Gasteiger partial charge in [0, 0.05) is 58.2 Å². The van der Waals surface area contributed by atoms with Gasteiger partial charge in [-0.2, -0.15) is 18.3 Å². The minimum absolute atomic E-state index is 0.214. The predicted octanol–water partition coefficient (Wildman–Crippen LogP) is 4.19. The van der Waals surface area contributed by atoms with Crippen LogP contribution in [0, 0.1) is 0 Å². The van der Waals surface area contributed by atoms with Crippen molar-refractivity contribution in [1.82, 2.24) is 20.1 Å². The molecule has 2 aliphatic rings. The highest BCUT2D eigenvalue weighted by atomic mass is 19.4. The molecule has 2 aliphatic heterocycles. The number of hydrogen-bond donors (Lipinski definition) is 2. The first-order valence-electron chi connectivity index (χ1n) is 14.1. The molecule has 0 amide bonds. The SMILES string of the molecule is CN(CC1c2ccccc2CN1c1cn[nH]c(=O)c1C(F)(F)F)c1cccc(C(O)N2CCN(c3ccccn3)CC2)c1. The van der Waals surface area contributed by atoms with Gasteiger partial charge in [-0.3, -0.25) is 9.69 Å². The van der Waals surface area contributed by atoms with Gasteiger partial charge in [-0.1, -0.05) is 42.5 Å². The standard InChI is InChI=1S/C31H32F3N7O2/c1-38(23-9-6-8-21(17-23)30(43)40-15-13-39(14-16-40)27-11-4-5-12-35-27)20-26-24-10-3-2-7-22(24)19-41(26)25-18-36-37-29(42)28(25)31(32,33)34/h2-12,17-18,26,30,43H,13-16,19-20H2,1H3,(H,37,42). The summed E-state index contributed by atoms with van der Waals surface area (Å²) in [5.41, 5.74) is 0.560. The first kappa shape index (κ1) is 28.7. The molecule has 0 bridgehead atoms. The number of nitrogens with one attached hydrogen (secondary N) is 1. The number of hydrogen-bond acceptors (Lipinski definition) is 8. The molecule has 6 rings (SSSR count). The molecule has 0 spiro atoms. The monoisotopic (exact) mass is 591 g/mol. The van der Waals surface area contributed by atoms with E-state index >= 15 is 0 Å². The molecule has 2 aromatic heterocycles. The summed E-state index contributed by atoms with van der Waals surface area (Å²) in [6, 6.07) is 20.4. The van der Waals surface area contributed by atoms with Crippen LogP contribution in [0.3, 0.4) is 0 Å². The third-order valence-electron chi connectivity index (χ3n) is 8.25. The maximum atomic E-state index is 14.0. The van der Waals surface area contributed by atoms with Crippen molar-refractivity contribution in [3.8, 4) is 0 Å². The number of alkyl halides is 3. The normalized spacial score (nSPS) is 18.0. The average Bonchev–Trinajstić information content (AvgIpc) is 3.38. The minimum atomic E-state index is -4.84. The molecule has 0 aliphatic carbocycles. The largest absolute Gasteiger partial charge is 0.423 e. The lowest BCUT2D eigenvalue weighted by atomic mass is 10.0. The number of fused-ring (bicyclic) bond motifs is 1. The van der Waals surface area contributed by atoms with Crippen molar-refractivity contribution in [2.45, 2.75) is 25.0 Å². The third-order valence-corrected chi connectivity index (χ3v) is 8.25. The molecule has 4 aromatic rings. The Balaban J connectivity index is 1.21. The van der Waals surface area contributed by atoms with E-state index in [1.54, 1.807) is 11.1 Å². The zero-order valence-electron chi connectivity index (χ0n) is 23.6. The Kier molecular flexibility index (Phi) is 7.80. The highest BCUT2D eigenvalue weighted by Gasteiger charge is 2.42. The minimum Gasteiger partial charge on any atom is -0.374 e. The molecular formula is C31H32F3N7O2. The summed E-state index contributed by atoms with van der Waals surface area (Å²) in [4.78, 5) is 24.5. The Morgan fingerprint density at radius 3 is 2.56 bits per heavy atom. The lowest BCUT2D eigenvalue weighted by Gasteiger charge is -2.38. The molecule has 2 aromatic carbocycles. The van der Waals surface area contributed by atoms with Gasteiger partial charge >= 0.3 is 6.18 Å². The number of aliphatic hydroxyl groups excluding tert-OH is 1. The van der Waals surface area contributed by atoms with Crippen molar-refractivity contribution in [3.63, 3.8) is 0 Å². The molecule has 43 heavy (non-hydrogen) atoms. The smallest absolute Gasteiger partial charge is 0.374 e. The Morgan fingerprint density at radius 1 is 1.05 bits per heavy atom. The number of halogens is 3. The maximum absolute atomic E-state index is 14.0. The fourth-order valence-corrected chi connectivity index (χ4v) is 6.03. The van der Waals surface area contributed by atoms with Crippen LogP contribution in [0.15, 0.2) is 83.9 Å². The van der Waals surface area contributed by atoms with Gasteiger partial charge in [-0.25, -0.2) is 10.1 Å². The molecule has 0 radical (unpaired) electrons. The summed E-state index contributed by atoms with van der Waals surface area (Å²) in [5.74, 6) is 0.918. The summed E-state index contributed by atoms with van der Waals surface area (Å²) < 4.78 is 42.0. The zero-order valence-corrected chi connectivity index (χ0v) is 23.6. The number of aromatic amines is 1. The van der Waals surface area contributed by atoms with Gasteiger partial charge < -0.3 is 19.8 Å². The number of piperazine rings is 1. The molecule has 9 nitrogen and oxygen atoms in total. The number of H-pyrrole nitrogens is 1. The van der Waals surface area contributed by atoms with Gasteiger partial charge in [0.15, 0.2) is 0 Å². The number of aromatic nitrogens is 3. The van der Waals surface area contributed by atoms with Crippen LogP contribution in [0.5, 0.6) is 0 Å². The second-order valence-electron chi connectivity index (χ2n) is 10.9. The Labute approximate surface area is 246 Å². The highest BCUT2D eigenvalue weighted by molar-refractivity contribution is 5.60. The van der Waals surface area contributed by atoms with E-state index in [0.717, 1.165) is 47.5 Å². The van der Waals surface area contributed by atoms with Gasteiger partial charge in [-0.15, -0.1) is 0 Å². The fourth-order valence-electron chi connectivity index (χ4n) is 6.03. The van der Waals surface area contributed by atoms with Gasteiger partial charge in [0.05, 0.1) is 17.9 Å². The zero-order chi connectivity index (χ0) is 30.1. The van der Waals surface area contributed by atoms with E-state index in [1.807, 2.05) is 88.7 Å². The molecule has 12 heteroatoms. The van der Waals surface area contributed by atoms with Gasteiger partial charge in [-0.05, 0) is 41.0 Å². The molecule has 2 atom stereocenters. The molecule has 2 unspecified atom stereocenters. The quantitative estimate of drug-likeness (QED) is 0.331. The van der Waals surface area contributed by atoms with Crippen LogP contribution in [0.4, 0.5) is 30.4 Å². The van der Waals surface area contributed by atoms with E-state index in [0.29, 0.717) is 19.6 Å². The summed E-state index contributed by atoms with van der Waals surface area (Å²) in [6.45, 7) is 3.35. The fraction of sp³-hybridized carbons (Fsp3) is 0.323. The van der Waals surface area contributed by atoms with Crippen LogP contribution in [-0.2, 0) is 12.7 Å². The molecular weight excluding hydrogens is 559 g/mol. The lowest BCUT2D eigenvalue weighted by Crippen LogP contribution is -2.48. The Hall–Kier alpha value is -4.42. The third kappa shape index (κ3) is 5.80. The van der Waals surface area contributed by atoms with Crippen molar-refractivity contribution >= 4 is 17.2 Å². The molecule has 0 saturated carbocycles. The van der Waals surface area contributed by atoms with Gasteiger partial charge in [0.2, 0.25) is 0 Å². The number of likely N-dealkylation sites (N-methyl/N-ethyl adjacent to an activating group) is 1. The number of anilines is 3. The topological polar surface area (TPSA) is 91.8 Å². The van der Waals surface area contributed by atoms with Crippen LogP contribution in [0.1, 0.15) is 34.5 Å². The summed E-state index contributed by atoms with van der Waals surface area (Å²) in [5, 5.41) is 16.9. The van der Waals surface area contributed by atoms with Crippen molar-refractivity contribution in [2.24, 2.45) is 0 Å². The van der Waals surface area contributed by atoms with E-state index < -0.39 is 29.6 Å². The van der Waals surface area contributed by atoms with E-state index in [4.69, 9.17) is 0 Å². The summed E-state index contributed by atoms with van der Waals surface area (Å²) in [6.07, 6.45) is -2.80. The number of pyridine rings is 1. The Morgan fingerprint density at radius 2 is 1.81 bits per heavy atom. The second kappa shape index (κ2) is 11.7. The first-order valence-corrected chi connectivity index (χ1v) is 14.1. The van der Waals surface area contributed by atoms with Gasteiger partial charge in [0.25, 0.3) is 5.56 Å². The number of rotatable bonds is 7. The second-order valence-corrected chi connectivity index (χ2v) is 10.9. The molecule has 1 saturated heterocycles. The molecule has 4 heterocycles. The van der Waals surface area contributed by atoms with Crippen LogP contribution in [0.2, 0.25) is 0 Å². The predicted molar refractivity (Wildman–Crippen MR) is 158 cm³/mol. The van der Waals surface area contributed by atoms with Crippen molar-refractivity contribution in [2.75, 3.05) is 54.5 Å². The summed E-state index contributed by atoms with van der Waals surface area (Å²) in [7, 11) is 1.87. The molecule has 2 N–H and O–H groups in total. The lowest BCUT2D eigenvalue weighted by molar-refractivity contribution is -0.138. The Bertz CT molecular complexity index is 1620. The van der Waals surface area contributed by atoms with Crippen molar-refractivity contribution < 1.29 is 18.3 Å². The van der Waals surface area contributed by atoms with E-state index in [-0.39, 0.29) is 12.2 Å². The van der Waals surface area contributed by atoms with E-state index in [1.165, 1.54) is 0 Å². The highest BCUT2D eigenvalue weighted by Crippen LogP contribution is 2.42. The van der Waals surface area contributed by atoms with Crippen LogP contribution < -0.4 is 20.3 Å². The molecule has 1 fully saturated rings. The van der Waals surface area contributed by atoms with E-state index in [2.05, 4.69) is 15.0 Å². The first-order chi connectivity index (χ1) is 20.7. The summed E-state index contributed by atoms with van der Waals surface area (Å²) >= 11 is 0. The van der Waals surface area contributed by atoms with Gasteiger partial charge in [0.1, 0.15) is 17.6 Å². The number of nitrogens with zero attached hydrogens (tertiary/aromatic N) is 6. The van der Waals surface area contributed by atoms with Crippen LogP contribution in [-0.4, -0.2) is 65.0 Å². The number of aliphatic hydroxyl groups is 1. The van der Waals surface area contributed by atoms with Crippen LogP contribution >= 0.6 is 0 Å². The van der Waals surface area contributed by atoms with E-state index in [9.17, 15) is 23.1 Å². The maximum Gasteiger partial charge on any atom is 0.423 e. The number of benzene rings is 2. The van der Waals surface area contributed by atoms with Crippen LogP contribution in [0.25, 0.3) is 0 Å².